The minimum Gasteiger partial charge on any atom is -0.384 e. The molecule has 26 heavy (non-hydrogen) atoms. The molecular formula is C16H18Cl2N2O4S2. The van der Waals surface area contributed by atoms with Crippen molar-refractivity contribution in [3.8, 4) is 0 Å². The molecule has 142 valence electrons. The number of halogens is 2. The highest BCUT2D eigenvalue weighted by Gasteiger charge is 2.18. The van der Waals surface area contributed by atoms with Gasteiger partial charge in [-0.25, -0.2) is 22.0 Å². The number of nitrogens with two attached hydrogens (primary N) is 1. The molecule has 3 N–H and O–H groups in total. The monoisotopic (exact) mass is 436 g/mol. The van der Waals surface area contributed by atoms with Gasteiger partial charge in [-0.2, -0.15) is 0 Å². The summed E-state index contributed by atoms with van der Waals surface area (Å²) in [6, 6.07) is 8.98. The van der Waals surface area contributed by atoms with Crippen molar-refractivity contribution in [2.45, 2.75) is 22.6 Å². The van der Waals surface area contributed by atoms with Gasteiger partial charge >= 0.3 is 0 Å². The number of hydrogen-bond donors (Lipinski definition) is 2. The van der Waals surface area contributed by atoms with Crippen LogP contribution < -0.4 is 10.5 Å². The van der Waals surface area contributed by atoms with Gasteiger partial charge in [0.25, 0.3) is 0 Å². The Morgan fingerprint density at radius 3 is 2.31 bits per heavy atom. The third-order valence-electron chi connectivity index (χ3n) is 3.63. The van der Waals surface area contributed by atoms with Crippen LogP contribution in [0.3, 0.4) is 0 Å². The topological polar surface area (TPSA) is 106 Å². The Morgan fingerprint density at radius 1 is 1.04 bits per heavy atom. The minimum atomic E-state index is -3.99. The van der Waals surface area contributed by atoms with E-state index >= 15 is 0 Å². The second kappa shape index (κ2) is 8.14. The van der Waals surface area contributed by atoms with Crippen molar-refractivity contribution in [3.05, 3.63) is 52.0 Å². The first-order valence-corrected chi connectivity index (χ1v) is 11.7. The predicted molar refractivity (Wildman–Crippen MR) is 104 cm³/mol. The molecule has 0 aliphatic heterocycles. The molecule has 0 fully saturated rings. The first-order valence-electron chi connectivity index (χ1n) is 7.53. The quantitative estimate of drug-likeness (QED) is 0.648. The van der Waals surface area contributed by atoms with Crippen LogP contribution in [0.15, 0.2) is 46.2 Å². The van der Waals surface area contributed by atoms with Gasteiger partial charge in [-0.05, 0) is 48.7 Å². The van der Waals surface area contributed by atoms with E-state index in [-0.39, 0.29) is 9.79 Å². The standard InChI is InChI=1S/C16H18Cl2N2O4S2/c1-25(21,22)16-10-13(26(19,23)24)6-7-15(16)20-8-2-3-11-4-5-12(17)9-14(11)18/h4-7,9-10,20H,2-3,8H2,1H3,(H2,19,23,24). The van der Waals surface area contributed by atoms with Crippen LogP contribution in [0.5, 0.6) is 0 Å². The van der Waals surface area contributed by atoms with E-state index in [1.165, 1.54) is 12.1 Å². The Balaban J connectivity index is 2.11. The number of sulfone groups is 1. The molecule has 2 aromatic rings. The summed E-state index contributed by atoms with van der Waals surface area (Å²) in [6.07, 6.45) is 2.36. The summed E-state index contributed by atoms with van der Waals surface area (Å²) < 4.78 is 46.8. The van der Waals surface area contributed by atoms with Gasteiger partial charge in [0.1, 0.15) is 0 Å². The molecule has 2 rings (SSSR count). The molecule has 0 heterocycles. The Hall–Kier alpha value is -1.32. The molecule has 0 bridgehead atoms. The van der Waals surface area contributed by atoms with Crippen LogP contribution in [0.2, 0.25) is 10.0 Å². The lowest BCUT2D eigenvalue weighted by Gasteiger charge is -2.12. The number of hydrogen-bond acceptors (Lipinski definition) is 5. The molecule has 0 atom stereocenters. The Kier molecular flexibility index (Phi) is 6.57. The molecule has 0 spiro atoms. The summed E-state index contributed by atoms with van der Waals surface area (Å²) in [4.78, 5) is -0.370. The lowest BCUT2D eigenvalue weighted by molar-refractivity contribution is 0.597. The van der Waals surface area contributed by atoms with E-state index in [2.05, 4.69) is 5.32 Å². The lowest BCUT2D eigenvalue weighted by Crippen LogP contribution is -2.14. The van der Waals surface area contributed by atoms with Gasteiger partial charge in [0.05, 0.1) is 15.5 Å². The molecule has 0 unspecified atom stereocenters. The summed E-state index contributed by atoms with van der Waals surface area (Å²) in [5.41, 5.74) is 1.26. The Bertz CT molecular complexity index is 1020. The van der Waals surface area contributed by atoms with Crippen LogP contribution in [0, 0.1) is 0 Å². The summed E-state index contributed by atoms with van der Waals surface area (Å²) in [5.74, 6) is 0. The van der Waals surface area contributed by atoms with Crippen LogP contribution in [-0.4, -0.2) is 29.6 Å². The molecule has 2 aromatic carbocycles. The fourth-order valence-corrected chi connectivity index (χ4v) is 4.36. The number of aryl methyl sites for hydroxylation is 1. The van der Waals surface area contributed by atoms with E-state index in [4.69, 9.17) is 28.3 Å². The highest BCUT2D eigenvalue weighted by atomic mass is 35.5. The molecule has 10 heteroatoms. The van der Waals surface area contributed by atoms with Crippen LogP contribution in [0.4, 0.5) is 5.69 Å². The highest BCUT2D eigenvalue weighted by Crippen LogP contribution is 2.25. The third kappa shape index (κ3) is 5.59. The molecule has 0 amide bonds. The molecule has 0 radical (unpaired) electrons. The van der Waals surface area contributed by atoms with E-state index in [1.807, 2.05) is 6.07 Å². The largest absolute Gasteiger partial charge is 0.384 e. The van der Waals surface area contributed by atoms with Gasteiger partial charge in [0, 0.05) is 22.8 Å². The summed E-state index contributed by atoms with van der Waals surface area (Å²) >= 11 is 12.0. The molecule has 0 saturated carbocycles. The van der Waals surface area contributed by atoms with Crippen LogP contribution in [0.1, 0.15) is 12.0 Å². The van der Waals surface area contributed by atoms with Crippen LogP contribution >= 0.6 is 23.2 Å². The third-order valence-corrected chi connectivity index (χ3v) is 6.27. The summed E-state index contributed by atoms with van der Waals surface area (Å²) in [5, 5.41) is 9.22. The molecule has 0 saturated heterocycles. The van der Waals surface area contributed by atoms with Gasteiger partial charge in [-0.3, -0.25) is 0 Å². The van der Waals surface area contributed by atoms with Gasteiger partial charge < -0.3 is 5.32 Å². The van der Waals surface area contributed by atoms with Gasteiger partial charge in [-0.1, -0.05) is 29.3 Å². The number of sulfonamides is 1. The molecule has 6 nitrogen and oxygen atoms in total. The SMILES string of the molecule is CS(=O)(=O)c1cc(S(N)(=O)=O)ccc1NCCCc1ccc(Cl)cc1Cl. The van der Waals surface area contributed by atoms with Crippen LogP contribution in [0.25, 0.3) is 0 Å². The fourth-order valence-electron chi connectivity index (χ4n) is 2.36. The zero-order valence-electron chi connectivity index (χ0n) is 13.9. The second-order valence-corrected chi connectivity index (χ2v) is 10.1. The molecule has 0 aromatic heterocycles. The average Bonchev–Trinajstić information content (AvgIpc) is 2.51. The predicted octanol–water partition coefficient (Wildman–Crippen LogP) is 3.09. The number of nitrogens with one attached hydrogen (secondary N) is 1. The van der Waals surface area contributed by atoms with Gasteiger partial charge in [0.15, 0.2) is 9.84 Å². The summed E-state index contributed by atoms with van der Waals surface area (Å²) in [6.45, 7) is 0.468. The van der Waals surface area contributed by atoms with Crippen LogP contribution in [-0.2, 0) is 26.3 Å². The summed E-state index contributed by atoms with van der Waals surface area (Å²) in [7, 11) is -7.62. The Morgan fingerprint density at radius 2 is 1.73 bits per heavy atom. The fraction of sp³-hybridized carbons (Fsp3) is 0.250. The van der Waals surface area contributed by atoms with Crippen molar-refractivity contribution in [1.29, 1.82) is 0 Å². The van der Waals surface area contributed by atoms with E-state index in [9.17, 15) is 16.8 Å². The van der Waals surface area contributed by atoms with Crippen molar-refractivity contribution in [2.24, 2.45) is 5.14 Å². The van der Waals surface area contributed by atoms with E-state index < -0.39 is 19.9 Å². The van der Waals surface area contributed by atoms with Crippen molar-refractivity contribution in [1.82, 2.24) is 0 Å². The van der Waals surface area contributed by atoms with Crippen molar-refractivity contribution >= 4 is 48.7 Å². The molecular weight excluding hydrogens is 419 g/mol. The number of primary sulfonamides is 1. The van der Waals surface area contributed by atoms with Gasteiger partial charge in [-0.15, -0.1) is 0 Å². The minimum absolute atomic E-state index is 0.117. The van der Waals surface area contributed by atoms with Gasteiger partial charge in [0.2, 0.25) is 10.0 Å². The van der Waals surface area contributed by atoms with E-state index in [0.717, 1.165) is 17.9 Å². The number of benzene rings is 2. The first kappa shape index (κ1) is 21.0. The van der Waals surface area contributed by atoms with Crippen molar-refractivity contribution in [2.75, 3.05) is 18.1 Å². The molecule has 0 aliphatic carbocycles. The number of anilines is 1. The zero-order valence-corrected chi connectivity index (χ0v) is 17.0. The number of rotatable bonds is 7. The van der Waals surface area contributed by atoms with Crippen molar-refractivity contribution < 1.29 is 16.8 Å². The average molecular weight is 437 g/mol. The van der Waals surface area contributed by atoms with E-state index in [1.54, 1.807) is 12.1 Å². The smallest absolute Gasteiger partial charge is 0.238 e. The maximum Gasteiger partial charge on any atom is 0.238 e. The zero-order chi connectivity index (χ0) is 19.5. The van der Waals surface area contributed by atoms with E-state index in [0.29, 0.717) is 35.1 Å². The normalized spacial score (nSPS) is 12.2. The second-order valence-electron chi connectivity index (χ2n) is 5.74. The highest BCUT2D eigenvalue weighted by molar-refractivity contribution is 7.91. The lowest BCUT2D eigenvalue weighted by atomic mass is 10.1. The molecule has 0 aliphatic rings. The first-order chi connectivity index (χ1) is 12.0. The maximum atomic E-state index is 12.0. The maximum absolute atomic E-state index is 12.0. The van der Waals surface area contributed by atoms with Crippen molar-refractivity contribution in [3.63, 3.8) is 0 Å². The Labute approximate surface area is 163 Å².